The quantitative estimate of drug-likeness (QED) is 0.331. The fraction of sp³-hybridized carbons (Fsp3) is 0.278. The van der Waals surface area contributed by atoms with E-state index in [1.165, 1.54) is 12.1 Å². The Morgan fingerprint density at radius 3 is 2.19 bits per heavy atom. The number of nitrogens with zero attached hydrogens (tertiary/aromatic N) is 1. The van der Waals surface area contributed by atoms with Crippen LogP contribution in [0, 0.1) is 5.82 Å². The third kappa shape index (κ3) is 6.31. The Labute approximate surface area is 178 Å². The third-order valence-electron chi connectivity index (χ3n) is 3.60. The number of hydrogen-bond donors (Lipinski definition) is 2. The summed E-state index contributed by atoms with van der Waals surface area (Å²) in [6.07, 6.45) is 0. The Bertz CT molecular complexity index is 742. The first kappa shape index (κ1) is 22.5. The standard InChI is InChI=1S/C18H21BrFN3O2.HI/c1-21-18(22-10-12-4-6-14(20)7-5-12)23-11-13-8-16(24-2)17(25-3)9-15(13)19;/h4-9H,10-11H2,1-3H3,(H2,21,22,23);1H. The highest BCUT2D eigenvalue weighted by molar-refractivity contribution is 14.0. The van der Waals surface area contributed by atoms with Crippen molar-refractivity contribution in [2.24, 2.45) is 4.99 Å². The SMILES string of the molecule is CN=C(NCc1ccc(F)cc1)NCc1cc(OC)c(OC)cc1Br.I. The molecule has 0 heterocycles. The molecule has 2 rings (SSSR count). The van der Waals surface area contributed by atoms with Crippen LogP contribution in [0.15, 0.2) is 45.9 Å². The number of methoxy groups -OCH3 is 2. The van der Waals surface area contributed by atoms with Crippen molar-refractivity contribution in [3.63, 3.8) is 0 Å². The Morgan fingerprint density at radius 1 is 1.04 bits per heavy atom. The zero-order valence-electron chi connectivity index (χ0n) is 14.8. The van der Waals surface area contributed by atoms with Gasteiger partial charge < -0.3 is 20.1 Å². The van der Waals surface area contributed by atoms with Gasteiger partial charge in [-0.3, -0.25) is 4.99 Å². The monoisotopic (exact) mass is 537 g/mol. The normalized spacial score (nSPS) is 10.7. The van der Waals surface area contributed by atoms with Crippen molar-refractivity contribution >= 4 is 45.9 Å². The van der Waals surface area contributed by atoms with Crippen molar-refractivity contribution in [2.75, 3.05) is 21.3 Å². The molecular weight excluding hydrogens is 516 g/mol. The van der Waals surface area contributed by atoms with Gasteiger partial charge in [-0.15, -0.1) is 24.0 Å². The predicted octanol–water partition coefficient (Wildman–Crippen LogP) is 4.09. The van der Waals surface area contributed by atoms with Crippen molar-refractivity contribution in [1.82, 2.24) is 10.6 Å². The molecule has 0 radical (unpaired) electrons. The van der Waals surface area contributed by atoms with Gasteiger partial charge >= 0.3 is 0 Å². The molecule has 2 aromatic rings. The van der Waals surface area contributed by atoms with Crippen molar-refractivity contribution in [3.8, 4) is 11.5 Å². The number of rotatable bonds is 6. The van der Waals surface area contributed by atoms with Crippen LogP contribution in [-0.2, 0) is 13.1 Å². The van der Waals surface area contributed by atoms with E-state index in [1.807, 2.05) is 12.1 Å². The van der Waals surface area contributed by atoms with Crippen molar-refractivity contribution < 1.29 is 13.9 Å². The molecule has 8 heteroatoms. The van der Waals surface area contributed by atoms with Crippen LogP contribution in [0.1, 0.15) is 11.1 Å². The average molecular weight is 538 g/mol. The number of halogens is 3. The van der Waals surface area contributed by atoms with Crippen molar-refractivity contribution in [2.45, 2.75) is 13.1 Å². The molecule has 0 saturated heterocycles. The van der Waals surface area contributed by atoms with Gasteiger partial charge in [0.1, 0.15) is 5.82 Å². The largest absolute Gasteiger partial charge is 0.493 e. The maximum absolute atomic E-state index is 12.9. The summed E-state index contributed by atoms with van der Waals surface area (Å²) in [5.74, 6) is 1.73. The number of ether oxygens (including phenoxy) is 2. The van der Waals surface area contributed by atoms with Gasteiger partial charge in [0, 0.05) is 24.6 Å². The molecule has 5 nitrogen and oxygen atoms in total. The topological polar surface area (TPSA) is 54.9 Å². The third-order valence-corrected chi connectivity index (χ3v) is 4.33. The summed E-state index contributed by atoms with van der Waals surface area (Å²) in [4.78, 5) is 4.19. The van der Waals surface area contributed by atoms with E-state index in [9.17, 15) is 4.39 Å². The maximum Gasteiger partial charge on any atom is 0.191 e. The first-order chi connectivity index (χ1) is 12.1. The molecule has 0 aromatic heterocycles. The second-order valence-corrected chi connectivity index (χ2v) is 6.06. The molecule has 0 saturated carbocycles. The molecule has 0 aliphatic rings. The second-order valence-electron chi connectivity index (χ2n) is 5.20. The maximum atomic E-state index is 12.9. The second kappa shape index (κ2) is 11.2. The molecule has 2 N–H and O–H groups in total. The summed E-state index contributed by atoms with van der Waals surface area (Å²) < 4.78 is 24.4. The van der Waals surface area contributed by atoms with Crippen LogP contribution in [0.25, 0.3) is 0 Å². The number of guanidine groups is 1. The fourth-order valence-electron chi connectivity index (χ4n) is 2.22. The van der Waals surface area contributed by atoms with Crippen LogP contribution in [0.5, 0.6) is 11.5 Å². The van der Waals surface area contributed by atoms with Crippen LogP contribution in [-0.4, -0.2) is 27.2 Å². The number of nitrogens with one attached hydrogen (secondary N) is 2. The van der Waals surface area contributed by atoms with E-state index in [-0.39, 0.29) is 29.8 Å². The summed E-state index contributed by atoms with van der Waals surface area (Å²) >= 11 is 3.53. The van der Waals surface area contributed by atoms with Gasteiger partial charge in [0.2, 0.25) is 0 Å². The summed E-state index contributed by atoms with van der Waals surface area (Å²) in [6.45, 7) is 1.09. The lowest BCUT2D eigenvalue weighted by molar-refractivity contribution is 0.354. The lowest BCUT2D eigenvalue weighted by atomic mass is 10.2. The van der Waals surface area contributed by atoms with Gasteiger partial charge in [-0.05, 0) is 35.4 Å². The van der Waals surface area contributed by atoms with Gasteiger partial charge in [-0.1, -0.05) is 28.1 Å². The van der Waals surface area contributed by atoms with Crippen LogP contribution < -0.4 is 20.1 Å². The lowest BCUT2D eigenvalue weighted by Crippen LogP contribution is -2.36. The highest BCUT2D eigenvalue weighted by atomic mass is 127. The average Bonchev–Trinajstić information content (AvgIpc) is 2.63. The van der Waals surface area contributed by atoms with Crippen LogP contribution >= 0.6 is 39.9 Å². The van der Waals surface area contributed by atoms with Crippen molar-refractivity contribution in [3.05, 3.63) is 57.8 Å². The summed E-state index contributed by atoms with van der Waals surface area (Å²) in [7, 11) is 4.90. The summed E-state index contributed by atoms with van der Waals surface area (Å²) in [5.41, 5.74) is 1.97. The van der Waals surface area contributed by atoms with Crippen LogP contribution in [0.4, 0.5) is 4.39 Å². The van der Waals surface area contributed by atoms with Gasteiger partial charge in [0.05, 0.1) is 14.2 Å². The molecule has 0 aliphatic heterocycles. The van der Waals surface area contributed by atoms with Crippen molar-refractivity contribution in [1.29, 1.82) is 0 Å². The Kier molecular flexibility index (Phi) is 9.71. The Hall–Kier alpha value is -1.55. The summed E-state index contributed by atoms with van der Waals surface area (Å²) in [6, 6.07) is 10.1. The lowest BCUT2D eigenvalue weighted by Gasteiger charge is -2.15. The zero-order valence-corrected chi connectivity index (χ0v) is 18.7. The Morgan fingerprint density at radius 2 is 1.62 bits per heavy atom. The number of benzene rings is 2. The smallest absolute Gasteiger partial charge is 0.191 e. The Balaban J connectivity index is 0.00000338. The van der Waals surface area contributed by atoms with Crippen LogP contribution in [0.3, 0.4) is 0 Å². The molecule has 0 aliphatic carbocycles. The zero-order chi connectivity index (χ0) is 18.2. The van der Waals surface area contributed by atoms with Gasteiger partial charge in [0.15, 0.2) is 17.5 Å². The molecule has 0 atom stereocenters. The minimum absolute atomic E-state index is 0. The number of aliphatic imine (C=N–C) groups is 1. The fourth-order valence-corrected chi connectivity index (χ4v) is 2.68. The highest BCUT2D eigenvalue weighted by Crippen LogP contribution is 2.33. The van der Waals surface area contributed by atoms with E-state index in [0.717, 1.165) is 15.6 Å². The van der Waals surface area contributed by atoms with E-state index in [4.69, 9.17) is 9.47 Å². The predicted molar refractivity (Wildman–Crippen MR) is 116 cm³/mol. The molecule has 2 aromatic carbocycles. The van der Waals surface area contributed by atoms with E-state index in [1.54, 1.807) is 33.4 Å². The molecule has 0 unspecified atom stereocenters. The highest BCUT2D eigenvalue weighted by Gasteiger charge is 2.10. The number of hydrogen-bond acceptors (Lipinski definition) is 3. The molecule has 26 heavy (non-hydrogen) atoms. The van der Waals surface area contributed by atoms with E-state index in [2.05, 4.69) is 31.6 Å². The summed E-state index contributed by atoms with van der Waals surface area (Å²) in [5, 5.41) is 6.43. The van der Waals surface area contributed by atoms with Gasteiger partial charge in [-0.25, -0.2) is 4.39 Å². The minimum Gasteiger partial charge on any atom is -0.493 e. The van der Waals surface area contributed by atoms with Crippen LogP contribution in [0.2, 0.25) is 0 Å². The van der Waals surface area contributed by atoms with Gasteiger partial charge in [-0.2, -0.15) is 0 Å². The minimum atomic E-state index is -0.246. The first-order valence-corrected chi connectivity index (χ1v) is 8.46. The molecule has 0 bridgehead atoms. The molecule has 0 fully saturated rings. The van der Waals surface area contributed by atoms with E-state index >= 15 is 0 Å². The van der Waals surface area contributed by atoms with E-state index in [0.29, 0.717) is 30.5 Å². The molecule has 0 spiro atoms. The molecular formula is C18H22BrFIN3O2. The molecule has 142 valence electrons. The first-order valence-electron chi connectivity index (χ1n) is 7.66. The molecule has 0 amide bonds. The van der Waals surface area contributed by atoms with Gasteiger partial charge in [0.25, 0.3) is 0 Å². The van der Waals surface area contributed by atoms with E-state index < -0.39 is 0 Å².